The summed E-state index contributed by atoms with van der Waals surface area (Å²) < 4.78 is 1.88. The molecular weight excluding hydrogens is 202 g/mol. The summed E-state index contributed by atoms with van der Waals surface area (Å²) in [5, 5.41) is 0. The molecule has 0 radical (unpaired) electrons. The molecular formula is C11H9N5. The Morgan fingerprint density at radius 1 is 1.00 bits per heavy atom. The first-order valence-electron chi connectivity index (χ1n) is 4.85. The SMILES string of the molecule is Nc1ncnc2ncn(-c3ccccc3)c12. The maximum absolute atomic E-state index is 5.83. The molecule has 0 bridgehead atoms. The molecule has 0 aliphatic heterocycles. The average molecular weight is 211 g/mol. The number of anilines is 1. The first-order valence-corrected chi connectivity index (χ1v) is 4.85. The molecule has 0 aliphatic rings. The zero-order valence-electron chi connectivity index (χ0n) is 8.41. The Morgan fingerprint density at radius 2 is 1.81 bits per heavy atom. The Hall–Kier alpha value is -2.43. The van der Waals surface area contributed by atoms with Gasteiger partial charge in [-0.25, -0.2) is 15.0 Å². The molecule has 3 rings (SSSR count). The van der Waals surface area contributed by atoms with Gasteiger partial charge in [0.05, 0.1) is 0 Å². The monoisotopic (exact) mass is 211 g/mol. The van der Waals surface area contributed by atoms with Crippen LogP contribution in [0.5, 0.6) is 0 Å². The van der Waals surface area contributed by atoms with Crippen molar-refractivity contribution >= 4 is 17.0 Å². The minimum atomic E-state index is 0.436. The summed E-state index contributed by atoms with van der Waals surface area (Å²) in [6, 6.07) is 9.84. The lowest BCUT2D eigenvalue weighted by Crippen LogP contribution is -1.98. The van der Waals surface area contributed by atoms with Crippen LogP contribution in [-0.2, 0) is 0 Å². The van der Waals surface area contributed by atoms with Gasteiger partial charge in [0, 0.05) is 5.69 Å². The largest absolute Gasteiger partial charge is 0.382 e. The Bertz CT molecular complexity index is 629. The summed E-state index contributed by atoms with van der Waals surface area (Å²) in [6.45, 7) is 0. The summed E-state index contributed by atoms with van der Waals surface area (Å²) in [6.07, 6.45) is 3.12. The van der Waals surface area contributed by atoms with E-state index in [1.807, 2.05) is 34.9 Å². The third-order valence-electron chi connectivity index (χ3n) is 2.40. The summed E-state index contributed by atoms with van der Waals surface area (Å²) in [5.41, 5.74) is 8.17. The number of hydrogen-bond donors (Lipinski definition) is 1. The lowest BCUT2D eigenvalue weighted by atomic mass is 10.3. The van der Waals surface area contributed by atoms with E-state index in [9.17, 15) is 0 Å². The van der Waals surface area contributed by atoms with Gasteiger partial charge < -0.3 is 5.73 Å². The summed E-state index contributed by atoms with van der Waals surface area (Å²) >= 11 is 0. The summed E-state index contributed by atoms with van der Waals surface area (Å²) in [7, 11) is 0. The second-order valence-corrected chi connectivity index (χ2v) is 3.38. The van der Waals surface area contributed by atoms with Gasteiger partial charge in [0.1, 0.15) is 18.2 Å². The van der Waals surface area contributed by atoms with Gasteiger partial charge in [0.2, 0.25) is 0 Å². The summed E-state index contributed by atoms with van der Waals surface area (Å²) in [5.74, 6) is 0.436. The van der Waals surface area contributed by atoms with Gasteiger partial charge in [0.25, 0.3) is 0 Å². The third kappa shape index (κ3) is 1.22. The molecule has 0 spiro atoms. The van der Waals surface area contributed by atoms with Crippen LogP contribution in [0.4, 0.5) is 5.82 Å². The maximum atomic E-state index is 5.83. The molecule has 2 aromatic heterocycles. The second kappa shape index (κ2) is 3.30. The van der Waals surface area contributed by atoms with Gasteiger partial charge in [-0.3, -0.25) is 4.57 Å². The van der Waals surface area contributed by atoms with Crippen molar-refractivity contribution in [3.8, 4) is 5.69 Å². The van der Waals surface area contributed by atoms with E-state index in [1.54, 1.807) is 6.33 Å². The molecule has 2 heterocycles. The van der Waals surface area contributed by atoms with Crippen molar-refractivity contribution in [2.45, 2.75) is 0 Å². The average Bonchev–Trinajstić information content (AvgIpc) is 2.75. The molecule has 0 aliphatic carbocycles. The van der Waals surface area contributed by atoms with Crippen LogP contribution in [0.15, 0.2) is 43.0 Å². The first kappa shape index (κ1) is 8.84. The molecule has 0 fully saturated rings. The lowest BCUT2D eigenvalue weighted by molar-refractivity contribution is 1.09. The highest BCUT2D eigenvalue weighted by Gasteiger charge is 2.08. The Labute approximate surface area is 91.6 Å². The van der Waals surface area contributed by atoms with Crippen LogP contribution in [0.2, 0.25) is 0 Å². The second-order valence-electron chi connectivity index (χ2n) is 3.38. The molecule has 1 aromatic carbocycles. The fourth-order valence-corrected chi connectivity index (χ4v) is 1.66. The van der Waals surface area contributed by atoms with Crippen molar-refractivity contribution in [1.82, 2.24) is 19.5 Å². The fraction of sp³-hybridized carbons (Fsp3) is 0. The predicted octanol–water partition coefficient (Wildman–Crippen LogP) is 1.40. The van der Waals surface area contributed by atoms with Crippen LogP contribution in [0.25, 0.3) is 16.9 Å². The van der Waals surface area contributed by atoms with Crippen molar-refractivity contribution in [1.29, 1.82) is 0 Å². The molecule has 0 unspecified atom stereocenters. The van der Waals surface area contributed by atoms with E-state index in [0.717, 1.165) is 11.2 Å². The predicted molar refractivity (Wildman–Crippen MR) is 61.1 cm³/mol. The number of aromatic nitrogens is 4. The number of rotatable bonds is 1. The molecule has 78 valence electrons. The van der Waals surface area contributed by atoms with E-state index < -0.39 is 0 Å². The van der Waals surface area contributed by atoms with Gasteiger partial charge in [0.15, 0.2) is 11.5 Å². The van der Waals surface area contributed by atoms with Crippen LogP contribution in [0, 0.1) is 0 Å². The normalized spacial score (nSPS) is 10.8. The van der Waals surface area contributed by atoms with Crippen LogP contribution in [0.3, 0.4) is 0 Å². The van der Waals surface area contributed by atoms with Crippen LogP contribution >= 0.6 is 0 Å². The van der Waals surface area contributed by atoms with E-state index in [1.165, 1.54) is 6.33 Å². The summed E-state index contributed by atoms with van der Waals surface area (Å²) in [4.78, 5) is 12.2. The molecule has 5 nitrogen and oxygen atoms in total. The van der Waals surface area contributed by atoms with E-state index in [0.29, 0.717) is 11.5 Å². The molecule has 0 atom stereocenters. The van der Waals surface area contributed by atoms with Crippen molar-refractivity contribution in [2.75, 3.05) is 5.73 Å². The number of benzene rings is 1. The Morgan fingerprint density at radius 3 is 2.62 bits per heavy atom. The smallest absolute Gasteiger partial charge is 0.183 e. The van der Waals surface area contributed by atoms with E-state index in [4.69, 9.17) is 5.73 Å². The number of fused-ring (bicyclic) bond motifs is 1. The van der Waals surface area contributed by atoms with Crippen LogP contribution in [0.1, 0.15) is 0 Å². The Kier molecular flexibility index (Phi) is 1.83. The molecule has 3 aromatic rings. The van der Waals surface area contributed by atoms with Gasteiger partial charge in [-0.2, -0.15) is 0 Å². The zero-order chi connectivity index (χ0) is 11.0. The van der Waals surface area contributed by atoms with E-state index >= 15 is 0 Å². The molecule has 5 heteroatoms. The quantitative estimate of drug-likeness (QED) is 0.660. The standard InChI is InChI=1S/C11H9N5/c12-10-9-11(14-6-13-10)15-7-16(9)8-4-2-1-3-5-8/h1-7H,(H2,12,13,14). The fourth-order valence-electron chi connectivity index (χ4n) is 1.66. The number of hydrogen-bond acceptors (Lipinski definition) is 4. The van der Waals surface area contributed by atoms with Gasteiger partial charge in [-0.1, -0.05) is 18.2 Å². The van der Waals surface area contributed by atoms with Crippen molar-refractivity contribution in [3.63, 3.8) is 0 Å². The molecule has 2 N–H and O–H groups in total. The van der Waals surface area contributed by atoms with E-state index in [-0.39, 0.29) is 0 Å². The minimum Gasteiger partial charge on any atom is -0.382 e. The minimum absolute atomic E-state index is 0.436. The number of nitrogens with zero attached hydrogens (tertiary/aromatic N) is 4. The molecule has 0 amide bonds. The maximum Gasteiger partial charge on any atom is 0.183 e. The topological polar surface area (TPSA) is 69.6 Å². The van der Waals surface area contributed by atoms with Gasteiger partial charge in [-0.15, -0.1) is 0 Å². The highest BCUT2D eigenvalue weighted by atomic mass is 15.1. The molecule has 0 saturated carbocycles. The number of imidazole rings is 1. The molecule has 0 saturated heterocycles. The van der Waals surface area contributed by atoms with Gasteiger partial charge in [-0.05, 0) is 12.1 Å². The third-order valence-corrected chi connectivity index (χ3v) is 2.40. The lowest BCUT2D eigenvalue weighted by Gasteiger charge is -2.04. The van der Waals surface area contributed by atoms with Crippen molar-refractivity contribution in [2.24, 2.45) is 0 Å². The number of nitrogen functional groups attached to an aromatic ring is 1. The highest BCUT2D eigenvalue weighted by Crippen LogP contribution is 2.19. The molecule has 16 heavy (non-hydrogen) atoms. The zero-order valence-corrected chi connectivity index (χ0v) is 8.41. The highest BCUT2D eigenvalue weighted by molar-refractivity contribution is 5.83. The number of para-hydroxylation sites is 1. The number of nitrogens with two attached hydrogens (primary N) is 1. The van der Waals surface area contributed by atoms with Gasteiger partial charge >= 0.3 is 0 Å². The van der Waals surface area contributed by atoms with Crippen molar-refractivity contribution < 1.29 is 0 Å². The Balaban J connectivity index is 2.33. The van der Waals surface area contributed by atoms with Crippen molar-refractivity contribution in [3.05, 3.63) is 43.0 Å². The first-order chi connectivity index (χ1) is 7.86. The van der Waals surface area contributed by atoms with Crippen LogP contribution in [-0.4, -0.2) is 19.5 Å². The van der Waals surface area contributed by atoms with Crippen LogP contribution < -0.4 is 5.73 Å². The van der Waals surface area contributed by atoms with E-state index in [2.05, 4.69) is 15.0 Å².